The number of H-pyrrole nitrogens is 2. The topological polar surface area (TPSA) is 99.4 Å². The van der Waals surface area contributed by atoms with Gasteiger partial charge in [0.1, 0.15) is 11.3 Å². The number of Topliss-reactive ketones (excluding diaryl/α,β-unsaturated/α-hetero) is 1. The summed E-state index contributed by atoms with van der Waals surface area (Å²) < 4.78 is 0. The highest BCUT2D eigenvalue weighted by Crippen LogP contribution is 2.36. The summed E-state index contributed by atoms with van der Waals surface area (Å²) in [5, 5.41) is 13.1. The number of ketones is 1. The third kappa shape index (κ3) is 3.23. The number of aromatic nitrogens is 5. The van der Waals surface area contributed by atoms with Gasteiger partial charge in [-0.05, 0) is 74.7 Å². The zero-order valence-corrected chi connectivity index (χ0v) is 18.4. The van der Waals surface area contributed by atoms with Crippen LogP contribution in [0.5, 0.6) is 0 Å². The van der Waals surface area contributed by atoms with Crippen molar-refractivity contribution in [2.45, 2.75) is 25.7 Å². The van der Waals surface area contributed by atoms with Gasteiger partial charge >= 0.3 is 0 Å². The second kappa shape index (κ2) is 7.65. The number of fused-ring (bicyclic) bond motifs is 2. The van der Waals surface area contributed by atoms with Gasteiger partial charge in [0.25, 0.3) is 0 Å². The van der Waals surface area contributed by atoms with Crippen molar-refractivity contribution in [1.29, 1.82) is 0 Å². The molecule has 1 aliphatic heterocycles. The van der Waals surface area contributed by atoms with Crippen LogP contribution in [0.15, 0.2) is 42.7 Å². The molecule has 0 bridgehead atoms. The van der Waals surface area contributed by atoms with E-state index in [-0.39, 0.29) is 5.78 Å². The molecule has 5 aromatic rings. The molecule has 0 aromatic carbocycles. The number of piperidine rings is 1. The van der Waals surface area contributed by atoms with Crippen molar-refractivity contribution in [2.75, 3.05) is 13.1 Å². The van der Waals surface area contributed by atoms with Crippen molar-refractivity contribution in [3.05, 3.63) is 53.2 Å². The van der Waals surface area contributed by atoms with Crippen LogP contribution in [0.25, 0.3) is 43.9 Å². The van der Waals surface area contributed by atoms with E-state index in [0.717, 1.165) is 74.7 Å². The molecule has 0 spiro atoms. The van der Waals surface area contributed by atoms with Crippen molar-refractivity contribution < 1.29 is 4.79 Å². The first-order chi connectivity index (χ1) is 15.7. The Bertz CT molecular complexity index is 1460. The molecule has 8 heteroatoms. The number of aromatic amines is 2. The third-order valence-corrected chi connectivity index (χ3v) is 7.47. The van der Waals surface area contributed by atoms with Gasteiger partial charge in [0.05, 0.1) is 10.6 Å². The Labute approximate surface area is 188 Å². The fourth-order valence-corrected chi connectivity index (χ4v) is 5.49. The molecule has 1 aliphatic rings. The Morgan fingerprint density at radius 3 is 2.75 bits per heavy atom. The van der Waals surface area contributed by atoms with Crippen LogP contribution in [0.4, 0.5) is 0 Å². The Morgan fingerprint density at radius 2 is 1.94 bits per heavy atom. The smallest absolute Gasteiger partial charge is 0.169 e. The average molecular weight is 443 g/mol. The maximum Gasteiger partial charge on any atom is 0.169 e. The van der Waals surface area contributed by atoms with E-state index in [1.54, 1.807) is 13.1 Å². The number of carbonyl (C=O) groups is 1. The van der Waals surface area contributed by atoms with Crippen LogP contribution in [0.2, 0.25) is 0 Å². The predicted molar refractivity (Wildman–Crippen MR) is 127 cm³/mol. The maximum absolute atomic E-state index is 11.8. The minimum absolute atomic E-state index is 0.0846. The number of rotatable bonds is 4. The molecule has 0 unspecified atom stereocenters. The molecular formula is C24H22N6OS. The number of pyridine rings is 2. The van der Waals surface area contributed by atoms with Gasteiger partial charge in [-0.15, -0.1) is 11.3 Å². The monoisotopic (exact) mass is 442 g/mol. The average Bonchev–Trinajstić information content (AvgIpc) is 3.56. The van der Waals surface area contributed by atoms with Crippen LogP contribution < -0.4 is 5.32 Å². The SMILES string of the molecule is CC(=O)c1ccc(-c2ccnc3[nH]c(-c4n[nH]c5ncc(C6CCNCC6)cc45)cc23)s1. The first-order valence-corrected chi connectivity index (χ1v) is 11.6. The van der Waals surface area contributed by atoms with Crippen molar-refractivity contribution >= 4 is 39.2 Å². The van der Waals surface area contributed by atoms with E-state index in [4.69, 9.17) is 0 Å². The molecule has 0 amide bonds. The van der Waals surface area contributed by atoms with Crippen LogP contribution in [0, 0.1) is 0 Å². The van der Waals surface area contributed by atoms with Gasteiger partial charge < -0.3 is 10.3 Å². The lowest BCUT2D eigenvalue weighted by Gasteiger charge is -2.22. The molecular weight excluding hydrogens is 420 g/mol. The highest BCUT2D eigenvalue weighted by Gasteiger charge is 2.19. The number of hydrogen-bond donors (Lipinski definition) is 3. The molecule has 1 fully saturated rings. The summed E-state index contributed by atoms with van der Waals surface area (Å²) in [4.78, 5) is 26.2. The maximum atomic E-state index is 11.8. The Morgan fingerprint density at radius 1 is 1.06 bits per heavy atom. The van der Waals surface area contributed by atoms with Crippen LogP contribution in [0.1, 0.15) is 40.9 Å². The lowest BCUT2D eigenvalue weighted by Crippen LogP contribution is -2.26. The summed E-state index contributed by atoms with van der Waals surface area (Å²) in [6.07, 6.45) is 6.03. The summed E-state index contributed by atoms with van der Waals surface area (Å²) in [7, 11) is 0. The van der Waals surface area contributed by atoms with Crippen LogP contribution in [0.3, 0.4) is 0 Å². The van der Waals surface area contributed by atoms with Gasteiger partial charge in [-0.2, -0.15) is 5.10 Å². The molecule has 0 atom stereocenters. The number of hydrogen-bond acceptors (Lipinski definition) is 6. The summed E-state index contributed by atoms with van der Waals surface area (Å²) in [5.41, 5.74) is 5.67. The number of nitrogens with one attached hydrogen (secondary N) is 3. The molecule has 6 heterocycles. The number of carbonyl (C=O) groups excluding carboxylic acids is 1. The highest BCUT2D eigenvalue weighted by atomic mass is 32.1. The van der Waals surface area contributed by atoms with Crippen molar-refractivity contribution in [2.24, 2.45) is 0 Å². The quantitative estimate of drug-likeness (QED) is 0.344. The second-order valence-corrected chi connectivity index (χ2v) is 9.37. The van der Waals surface area contributed by atoms with Gasteiger partial charge in [-0.25, -0.2) is 9.97 Å². The molecule has 7 nitrogen and oxygen atoms in total. The van der Waals surface area contributed by atoms with E-state index in [1.165, 1.54) is 16.9 Å². The van der Waals surface area contributed by atoms with Gasteiger partial charge in [-0.3, -0.25) is 9.89 Å². The summed E-state index contributed by atoms with van der Waals surface area (Å²) in [6, 6.07) is 10.2. The van der Waals surface area contributed by atoms with E-state index in [2.05, 4.69) is 42.6 Å². The molecule has 32 heavy (non-hydrogen) atoms. The van der Waals surface area contributed by atoms with Gasteiger partial charge in [0, 0.05) is 33.6 Å². The van der Waals surface area contributed by atoms with E-state index in [9.17, 15) is 4.79 Å². The van der Waals surface area contributed by atoms with Crippen LogP contribution >= 0.6 is 11.3 Å². The Balaban J connectivity index is 1.44. The zero-order valence-electron chi connectivity index (χ0n) is 17.6. The highest BCUT2D eigenvalue weighted by molar-refractivity contribution is 7.17. The fraction of sp³-hybridized carbons (Fsp3) is 0.250. The van der Waals surface area contributed by atoms with Crippen molar-refractivity contribution in [3.63, 3.8) is 0 Å². The minimum atomic E-state index is 0.0846. The summed E-state index contributed by atoms with van der Waals surface area (Å²) in [6.45, 7) is 3.69. The van der Waals surface area contributed by atoms with Gasteiger partial charge in [0.15, 0.2) is 11.4 Å². The van der Waals surface area contributed by atoms with Crippen molar-refractivity contribution in [3.8, 4) is 21.8 Å². The van der Waals surface area contributed by atoms with Crippen molar-refractivity contribution in [1.82, 2.24) is 30.5 Å². The lowest BCUT2D eigenvalue weighted by molar-refractivity contribution is 0.102. The van der Waals surface area contributed by atoms with E-state index < -0.39 is 0 Å². The van der Waals surface area contributed by atoms with E-state index in [0.29, 0.717) is 5.92 Å². The normalized spacial score (nSPS) is 15.0. The molecule has 0 saturated carbocycles. The molecule has 0 radical (unpaired) electrons. The molecule has 5 aromatic heterocycles. The van der Waals surface area contributed by atoms with Gasteiger partial charge in [0.2, 0.25) is 0 Å². The molecule has 1 saturated heterocycles. The molecule has 160 valence electrons. The first-order valence-electron chi connectivity index (χ1n) is 10.8. The Hall–Kier alpha value is -3.36. The summed E-state index contributed by atoms with van der Waals surface area (Å²) >= 11 is 1.51. The zero-order chi connectivity index (χ0) is 21.7. The minimum Gasteiger partial charge on any atom is -0.338 e. The van der Waals surface area contributed by atoms with E-state index >= 15 is 0 Å². The Kier molecular flexibility index (Phi) is 4.62. The molecule has 6 rings (SSSR count). The number of nitrogens with zero attached hydrogens (tertiary/aromatic N) is 3. The van der Waals surface area contributed by atoms with Crippen LogP contribution in [-0.2, 0) is 0 Å². The van der Waals surface area contributed by atoms with E-state index in [1.807, 2.05) is 24.4 Å². The predicted octanol–water partition coefficient (Wildman–Crippen LogP) is 4.90. The summed E-state index contributed by atoms with van der Waals surface area (Å²) in [5.74, 6) is 0.613. The standard InChI is InChI=1S/C24H22N6OS/c1-13(31)20-2-3-21(32-20)16-6-9-26-23-17(16)11-19(28-23)22-18-10-15(12-27-24(18)30-29-22)14-4-7-25-8-5-14/h2-3,6,9-12,14,25H,4-5,7-8H2,1H3,(H,26,28)(H,27,29,30). The fourth-order valence-electron chi connectivity index (χ4n) is 4.54. The second-order valence-electron chi connectivity index (χ2n) is 8.29. The largest absolute Gasteiger partial charge is 0.338 e. The molecule has 0 aliphatic carbocycles. The lowest BCUT2D eigenvalue weighted by atomic mass is 9.91. The molecule has 3 N–H and O–H groups in total. The van der Waals surface area contributed by atoms with Crippen LogP contribution in [-0.4, -0.2) is 44.0 Å². The number of thiophene rings is 1. The van der Waals surface area contributed by atoms with Gasteiger partial charge in [-0.1, -0.05) is 0 Å². The third-order valence-electron chi connectivity index (χ3n) is 6.25. The first kappa shape index (κ1) is 19.3.